The van der Waals surface area contributed by atoms with Crippen molar-refractivity contribution in [3.63, 3.8) is 0 Å². The van der Waals surface area contributed by atoms with Gasteiger partial charge in [-0.1, -0.05) is 12.1 Å². The number of fused-ring (bicyclic) bond motifs is 1. The highest BCUT2D eigenvalue weighted by Crippen LogP contribution is 2.16. The Kier molecular flexibility index (Phi) is 3.85. The highest BCUT2D eigenvalue weighted by atomic mass is 15.3. The second-order valence-corrected chi connectivity index (χ2v) is 6.07. The molecule has 3 heterocycles. The van der Waals surface area contributed by atoms with Gasteiger partial charge in [0.15, 0.2) is 0 Å². The smallest absolute Gasteiger partial charge is 0.123 e. The Morgan fingerprint density at radius 3 is 2.96 bits per heavy atom. The normalized spacial score (nSPS) is 14.3. The Bertz CT molecular complexity index is 871. The molecule has 0 spiro atoms. The van der Waals surface area contributed by atoms with Crippen LogP contribution < -0.4 is 0 Å². The Hall–Kier alpha value is -2.91. The summed E-state index contributed by atoms with van der Waals surface area (Å²) >= 11 is 0. The Morgan fingerprint density at radius 1 is 1.17 bits per heavy atom. The van der Waals surface area contributed by atoms with E-state index in [1.807, 2.05) is 35.1 Å². The van der Waals surface area contributed by atoms with E-state index in [2.05, 4.69) is 32.9 Å². The first-order chi connectivity index (χ1) is 11.8. The molecular formula is C18H18N6. The third kappa shape index (κ3) is 3.07. The van der Waals surface area contributed by atoms with Crippen molar-refractivity contribution < 1.29 is 0 Å². The number of rotatable bonds is 4. The first-order valence-electron chi connectivity index (χ1n) is 8.04. The van der Waals surface area contributed by atoms with Crippen LogP contribution in [0.25, 0.3) is 0 Å². The van der Waals surface area contributed by atoms with E-state index in [1.165, 1.54) is 5.56 Å². The van der Waals surface area contributed by atoms with E-state index in [1.54, 1.807) is 6.20 Å². The molecule has 0 aliphatic carbocycles. The van der Waals surface area contributed by atoms with E-state index in [4.69, 9.17) is 10.2 Å². The summed E-state index contributed by atoms with van der Waals surface area (Å²) in [5.74, 6) is 1.10. The molecule has 0 atom stereocenters. The molecule has 0 bridgehead atoms. The van der Waals surface area contributed by atoms with Gasteiger partial charge in [0.1, 0.15) is 5.82 Å². The summed E-state index contributed by atoms with van der Waals surface area (Å²) in [6.45, 7) is 4.31. The summed E-state index contributed by atoms with van der Waals surface area (Å²) in [6.07, 6.45) is 5.87. The van der Waals surface area contributed by atoms with Crippen LogP contribution in [-0.4, -0.2) is 30.8 Å². The average molecular weight is 318 g/mol. The number of benzene rings is 1. The molecule has 24 heavy (non-hydrogen) atoms. The molecule has 0 saturated heterocycles. The summed E-state index contributed by atoms with van der Waals surface area (Å²) in [5, 5.41) is 13.3. The average Bonchev–Trinajstić information content (AvgIpc) is 3.24. The van der Waals surface area contributed by atoms with Crippen molar-refractivity contribution in [3.05, 3.63) is 71.6 Å². The molecule has 0 amide bonds. The number of imidazole rings is 1. The van der Waals surface area contributed by atoms with E-state index in [0.717, 1.165) is 37.7 Å². The molecule has 0 N–H and O–H groups in total. The van der Waals surface area contributed by atoms with Gasteiger partial charge in [-0.3, -0.25) is 9.58 Å². The van der Waals surface area contributed by atoms with Gasteiger partial charge in [0, 0.05) is 38.2 Å². The molecule has 1 aliphatic rings. The summed E-state index contributed by atoms with van der Waals surface area (Å²) in [7, 11) is 0. The van der Waals surface area contributed by atoms with Crippen molar-refractivity contribution in [2.75, 3.05) is 6.54 Å². The lowest BCUT2D eigenvalue weighted by molar-refractivity contribution is 0.209. The van der Waals surface area contributed by atoms with Crippen LogP contribution in [0.1, 0.15) is 22.6 Å². The largest absolute Gasteiger partial charge is 0.332 e. The molecule has 4 rings (SSSR count). The van der Waals surface area contributed by atoms with E-state index in [0.29, 0.717) is 12.1 Å². The monoisotopic (exact) mass is 318 g/mol. The first kappa shape index (κ1) is 14.7. The van der Waals surface area contributed by atoms with Crippen LogP contribution in [0.2, 0.25) is 0 Å². The molecular weight excluding hydrogens is 300 g/mol. The maximum Gasteiger partial charge on any atom is 0.123 e. The van der Waals surface area contributed by atoms with E-state index in [9.17, 15) is 0 Å². The van der Waals surface area contributed by atoms with Crippen LogP contribution in [-0.2, 0) is 26.2 Å². The summed E-state index contributed by atoms with van der Waals surface area (Å²) in [5.41, 5.74) is 2.93. The molecule has 0 unspecified atom stereocenters. The number of nitrogens with zero attached hydrogens (tertiary/aromatic N) is 6. The molecule has 1 aliphatic heterocycles. The van der Waals surface area contributed by atoms with Gasteiger partial charge < -0.3 is 4.57 Å². The van der Waals surface area contributed by atoms with E-state index in [-0.39, 0.29) is 0 Å². The third-order valence-corrected chi connectivity index (χ3v) is 4.28. The lowest BCUT2D eigenvalue weighted by Gasteiger charge is -2.27. The Balaban J connectivity index is 1.45. The van der Waals surface area contributed by atoms with Gasteiger partial charge in [0.25, 0.3) is 0 Å². The summed E-state index contributed by atoms with van der Waals surface area (Å²) < 4.78 is 4.13. The molecule has 0 fully saturated rings. The fourth-order valence-corrected chi connectivity index (χ4v) is 3.13. The van der Waals surface area contributed by atoms with Gasteiger partial charge in [-0.25, -0.2) is 4.98 Å². The predicted molar refractivity (Wildman–Crippen MR) is 88.8 cm³/mol. The number of hydrogen-bond acceptors (Lipinski definition) is 4. The Morgan fingerprint density at radius 2 is 2.12 bits per heavy atom. The van der Waals surface area contributed by atoms with Crippen molar-refractivity contribution in [3.8, 4) is 6.07 Å². The standard InChI is InChI=1S/C18H18N6/c19-10-15-3-1-4-16(9-15)11-22-7-8-23-12-17(21-18(23)14-22)13-24-6-2-5-20-24/h1-6,9,12H,7-8,11,13-14H2. The number of aromatic nitrogens is 4. The molecule has 6 nitrogen and oxygen atoms in total. The molecule has 0 saturated carbocycles. The molecule has 3 aromatic rings. The van der Waals surface area contributed by atoms with Gasteiger partial charge in [-0.15, -0.1) is 0 Å². The summed E-state index contributed by atoms with van der Waals surface area (Å²) in [6, 6.07) is 11.9. The zero-order chi connectivity index (χ0) is 16.4. The van der Waals surface area contributed by atoms with Crippen molar-refractivity contribution in [1.82, 2.24) is 24.2 Å². The van der Waals surface area contributed by atoms with Crippen molar-refractivity contribution in [2.45, 2.75) is 26.2 Å². The topological polar surface area (TPSA) is 62.7 Å². The third-order valence-electron chi connectivity index (χ3n) is 4.28. The lowest BCUT2D eigenvalue weighted by atomic mass is 10.1. The van der Waals surface area contributed by atoms with Crippen LogP contribution in [0.15, 0.2) is 48.9 Å². The second kappa shape index (κ2) is 6.30. The highest BCUT2D eigenvalue weighted by molar-refractivity contribution is 5.32. The molecule has 1 aromatic carbocycles. The zero-order valence-electron chi connectivity index (χ0n) is 13.3. The van der Waals surface area contributed by atoms with E-state index < -0.39 is 0 Å². The molecule has 120 valence electrons. The minimum absolute atomic E-state index is 0.706. The van der Waals surface area contributed by atoms with Gasteiger partial charge in [-0.2, -0.15) is 10.4 Å². The van der Waals surface area contributed by atoms with E-state index >= 15 is 0 Å². The number of nitriles is 1. The molecule has 2 aromatic heterocycles. The predicted octanol–water partition coefficient (Wildman–Crippen LogP) is 2.02. The SMILES string of the molecule is N#Cc1cccc(CN2CCn3cc(Cn4cccn4)nc3C2)c1. The highest BCUT2D eigenvalue weighted by Gasteiger charge is 2.19. The van der Waals surface area contributed by atoms with Crippen LogP contribution in [0, 0.1) is 11.3 Å². The minimum atomic E-state index is 0.706. The van der Waals surface area contributed by atoms with Crippen molar-refractivity contribution in [1.29, 1.82) is 5.26 Å². The Labute approximate surface area is 140 Å². The fourth-order valence-electron chi connectivity index (χ4n) is 3.13. The molecule has 0 radical (unpaired) electrons. The van der Waals surface area contributed by atoms with Crippen LogP contribution in [0.3, 0.4) is 0 Å². The van der Waals surface area contributed by atoms with Gasteiger partial charge in [0.05, 0.1) is 30.4 Å². The second-order valence-electron chi connectivity index (χ2n) is 6.07. The van der Waals surface area contributed by atoms with Crippen LogP contribution in [0.5, 0.6) is 0 Å². The first-order valence-corrected chi connectivity index (χ1v) is 8.04. The van der Waals surface area contributed by atoms with Gasteiger partial charge in [0.2, 0.25) is 0 Å². The maximum atomic E-state index is 9.02. The number of hydrogen-bond donors (Lipinski definition) is 0. The zero-order valence-corrected chi connectivity index (χ0v) is 13.3. The van der Waals surface area contributed by atoms with Crippen molar-refractivity contribution in [2.24, 2.45) is 0 Å². The van der Waals surface area contributed by atoms with Crippen LogP contribution >= 0.6 is 0 Å². The molecule has 6 heteroatoms. The minimum Gasteiger partial charge on any atom is -0.332 e. The maximum absolute atomic E-state index is 9.02. The quantitative estimate of drug-likeness (QED) is 0.738. The van der Waals surface area contributed by atoms with Gasteiger partial charge in [-0.05, 0) is 23.8 Å². The fraction of sp³-hybridized carbons (Fsp3) is 0.278. The summed E-state index contributed by atoms with van der Waals surface area (Å²) in [4.78, 5) is 7.13. The lowest BCUT2D eigenvalue weighted by Crippen LogP contribution is -2.33. The van der Waals surface area contributed by atoms with Crippen molar-refractivity contribution >= 4 is 0 Å². The van der Waals surface area contributed by atoms with Gasteiger partial charge >= 0.3 is 0 Å². The van der Waals surface area contributed by atoms with Crippen LogP contribution in [0.4, 0.5) is 0 Å².